The van der Waals surface area contributed by atoms with Gasteiger partial charge in [0.15, 0.2) is 0 Å². The highest BCUT2D eigenvalue weighted by Gasteiger charge is 2.33. The summed E-state index contributed by atoms with van der Waals surface area (Å²) in [5, 5.41) is 3.07. The summed E-state index contributed by atoms with van der Waals surface area (Å²) in [6.45, 7) is 2.74. The van der Waals surface area contributed by atoms with Gasteiger partial charge < -0.3 is 10.1 Å². The van der Waals surface area contributed by atoms with Crippen LogP contribution in [0.4, 0.5) is 0 Å². The highest BCUT2D eigenvalue weighted by Crippen LogP contribution is 2.23. The zero-order valence-electron chi connectivity index (χ0n) is 11.8. The van der Waals surface area contributed by atoms with Crippen molar-refractivity contribution in [1.29, 1.82) is 0 Å². The van der Waals surface area contributed by atoms with E-state index in [2.05, 4.69) is 24.4 Å². The summed E-state index contributed by atoms with van der Waals surface area (Å²) in [5.74, 6) is 0.475. The second-order valence-corrected chi connectivity index (χ2v) is 5.57. The Kier molecular flexibility index (Phi) is 5.86. The lowest BCUT2D eigenvalue weighted by Crippen LogP contribution is -2.43. The summed E-state index contributed by atoms with van der Waals surface area (Å²) in [7, 11) is 0. The molecule has 0 aliphatic carbocycles. The van der Waals surface area contributed by atoms with E-state index in [1.165, 1.54) is 5.56 Å². The third-order valence-corrected chi connectivity index (χ3v) is 4.18. The van der Waals surface area contributed by atoms with E-state index in [1.54, 1.807) is 0 Å². The molecule has 0 bridgehead atoms. The Bertz CT molecular complexity index is 424. The number of carbonyl (C=O) groups is 1. The van der Waals surface area contributed by atoms with Crippen molar-refractivity contribution in [1.82, 2.24) is 5.32 Å². The third kappa shape index (κ3) is 3.97. The van der Waals surface area contributed by atoms with Gasteiger partial charge in [0.05, 0.1) is 12.0 Å². The second kappa shape index (κ2) is 7.65. The van der Waals surface area contributed by atoms with Crippen LogP contribution in [0.1, 0.15) is 25.3 Å². The zero-order valence-corrected chi connectivity index (χ0v) is 12.6. The van der Waals surface area contributed by atoms with E-state index in [-0.39, 0.29) is 24.0 Å². The Balaban J connectivity index is 1.91. The molecular weight excluding hydrogens is 274 g/mol. The van der Waals surface area contributed by atoms with Gasteiger partial charge in [-0.25, -0.2) is 0 Å². The monoisotopic (exact) mass is 295 g/mol. The Hall–Kier alpha value is -1.06. The fourth-order valence-corrected chi connectivity index (χ4v) is 2.89. The molecule has 3 atom stereocenters. The fourth-order valence-electron chi connectivity index (χ4n) is 2.70. The van der Waals surface area contributed by atoms with E-state index >= 15 is 0 Å². The highest BCUT2D eigenvalue weighted by atomic mass is 35.5. The summed E-state index contributed by atoms with van der Waals surface area (Å²) in [5.41, 5.74) is 1.19. The van der Waals surface area contributed by atoms with Crippen LogP contribution < -0.4 is 5.32 Å². The number of halogens is 1. The lowest BCUT2D eigenvalue weighted by atomic mass is 9.97. The summed E-state index contributed by atoms with van der Waals surface area (Å²) in [6, 6.07) is 10.1. The number of amides is 1. The smallest absolute Gasteiger partial charge is 0.226 e. The molecule has 1 N–H and O–H groups in total. The Morgan fingerprint density at radius 3 is 2.85 bits per heavy atom. The van der Waals surface area contributed by atoms with Crippen LogP contribution in [-0.2, 0) is 16.0 Å². The van der Waals surface area contributed by atoms with Crippen LogP contribution >= 0.6 is 11.6 Å². The average molecular weight is 296 g/mol. The number of hydrogen-bond acceptors (Lipinski definition) is 2. The highest BCUT2D eigenvalue weighted by molar-refractivity contribution is 6.18. The number of rotatable bonds is 6. The number of nitrogens with one attached hydrogen (secondary N) is 1. The van der Waals surface area contributed by atoms with Gasteiger partial charge in [-0.05, 0) is 24.8 Å². The van der Waals surface area contributed by atoms with Crippen molar-refractivity contribution < 1.29 is 9.53 Å². The topological polar surface area (TPSA) is 38.3 Å². The summed E-state index contributed by atoms with van der Waals surface area (Å²) < 4.78 is 5.58. The van der Waals surface area contributed by atoms with E-state index in [9.17, 15) is 4.79 Å². The molecule has 1 heterocycles. The van der Waals surface area contributed by atoms with E-state index in [1.807, 2.05) is 18.2 Å². The Morgan fingerprint density at radius 2 is 2.20 bits per heavy atom. The minimum atomic E-state index is -0.0264. The minimum Gasteiger partial charge on any atom is -0.377 e. The maximum absolute atomic E-state index is 12.3. The number of hydrogen-bond donors (Lipinski definition) is 1. The van der Waals surface area contributed by atoms with Gasteiger partial charge in [-0.15, -0.1) is 11.6 Å². The summed E-state index contributed by atoms with van der Waals surface area (Å²) >= 11 is 5.99. The second-order valence-electron chi connectivity index (χ2n) is 5.26. The maximum atomic E-state index is 12.3. The predicted molar refractivity (Wildman–Crippen MR) is 80.9 cm³/mol. The molecule has 1 aliphatic rings. The molecule has 1 saturated heterocycles. The molecular formula is C16H22ClNO2. The Morgan fingerprint density at radius 1 is 1.45 bits per heavy atom. The van der Waals surface area contributed by atoms with Gasteiger partial charge in [-0.1, -0.05) is 37.3 Å². The molecule has 1 fully saturated rings. The summed E-state index contributed by atoms with van der Waals surface area (Å²) in [4.78, 5) is 12.3. The lowest BCUT2D eigenvalue weighted by Gasteiger charge is -2.21. The number of carbonyl (C=O) groups excluding carboxylic acids is 1. The molecule has 20 heavy (non-hydrogen) atoms. The molecule has 2 rings (SSSR count). The molecule has 1 aliphatic heterocycles. The molecule has 1 amide bonds. The van der Waals surface area contributed by atoms with Crippen molar-refractivity contribution in [3.8, 4) is 0 Å². The van der Waals surface area contributed by atoms with Crippen molar-refractivity contribution in [3.05, 3.63) is 35.9 Å². The molecule has 4 heteroatoms. The van der Waals surface area contributed by atoms with Gasteiger partial charge >= 0.3 is 0 Å². The number of benzene rings is 1. The number of alkyl halides is 1. The first-order valence-corrected chi connectivity index (χ1v) is 7.80. The van der Waals surface area contributed by atoms with E-state index in [0.717, 1.165) is 19.3 Å². The van der Waals surface area contributed by atoms with Crippen LogP contribution in [-0.4, -0.2) is 30.5 Å². The minimum absolute atomic E-state index is 0.0235. The first-order chi connectivity index (χ1) is 9.74. The molecule has 3 unspecified atom stereocenters. The largest absolute Gasteiger partial charge is 0.377 e. The van der Waals surface area contributed by atoms with Gasteiger partial charge in [0.2, 0.25) is 5.91 Å². The molecule has 0 aromatic heterocycles. The van der Waals surface area contributed by atoms with E-state index in [0.29, 0.717) is 12.5 Å². The molecule has 3 nitrogen and oxygen atoms in total. The third-order valence-electron chi connectivity index (χ3n) is 3.81. The van der Waals surface area contributed by atoms with Gasteiger partial charge in [-0.3, -0.25) is 4.79 Å². The van der Waals surface area contributed by atoms with Gasteiger partial charge in [0.25, 0.3) is 0 Å². The fraction of sp³-hybridized carbons (Fsp3) is 0.562. The van der Waals surface area contributed by atoms with Gasteiger partial charge in [-0.2, -0.15) is 0 Å². The molecule has 0 saturated carbocycles. The predicted octanol–water partition coefficient (Wildman–Crippen LogP) is 2.77. The van der Waals surface area contributed by atoms with E-state index in [4.69, 9.17) is 16.3 Å². The van der Waals surface area contributed by atoms with Crippen molar-refractivity contribution in [2.75, 3.05) is 12.5 Å². The summed E-state index contributed by atoms with van der Waals surface area (Å²) in [6.07, 6.45) is 2.51. The maximum Gasteiger partial charge on any atom is 0.226 e. The number of ether oxygens (including phenoxy) is 1. The first kappa shape index (κ1) is 15.3. The average Bonchev–Trinajstić information content (AvgIpc) is 2.96. The van der Waals surface area contributed by atoms with E-state index < -0.39 is 0 Å². The van der Waals surface area contributed by atoms with Crippen molar-refractivity contribution in [3.63, 3.8) is 0 Å². The van der Waals surface area contributed by atoms with Crippen molar-refractivity contribution >= 4 is 17.5 Å². The van der Waals surface area contributed by atoms with Crippen LogP contribution in [0.5, 0.6) is 0 Å². The van der Waals surface area contributed by atoms with Crippen LogP contribution in [0.3, 0.4) is 0 Å². The molecule has 0 radical (unpaired) electrons. The van der Waals surface area contributed by atoms with Crippen LogP contribution in [0.15, 0.2) is 30.3 Å². The lowest BCUT2D eigenvalue weighted by molar-refractivity contribution is -0.127. The van der Waals surface area contributed by atoms with Crippen LogP contribution in [0.2, 0.25) is 0 Å². The van der Waals surface area contributed by atoms with Crippen molar-refractivity contribution in [2.45, 2.75) is 38.3 Å². The normalized spacial score (nSPS) is 23.5. The van der Waals surface area contributed by atoms with Crippen LogP contribution in [0.25, 0.3) is 0 Å². The van der Waals surface area contributed by atoms with Crippen LogP contribution in [0, 0.1) is 5.92 Å². The van der Waals surface area contributed by atoms with Crippen molar-refractivity contribution in [2.24, 2.45) is 5.92 Å². The molecule has 1 aromatic rings. The molecule has 110 valence electrons. The standard InChI is InChI=1S/C16H22ClNO2/c1-2-15-14(8-9-20-15)16(19)18-13(11-17)10-12-6-4-3-5-7-12/h3-7,13-15H,2,8-11H2,1H3,(H,18,19). The Labute approximate surface area is 125 Å². The zero-order chi connectivity index (χ0) is 14.4. The molecule has 0 spiro atoms. The SMILES string of the molecule is CCC1OCCC1C(=O)NC(CCl)Cc1ccccc1. The molecule has 1 aromatic carbocycles. The quantitative estimate of drug-likeness (QED) is 0.820. The van der Waals surface area contributed by atoms with Gasteiger partial charge in [0, 0.05) is 18.5 Å². The first-order valence-electron chi connectivity index (χ1n) is 7.26. The van der Waals surface area contributed by atoms with Gasteiger partial charge in [0.1, 0.15) is 0 Å².